The number of rotatable bonds is 8. The molecule has 2 aromatic rings. The van der Waals surface area contributed by atoms with Crippen LogP contribution in [0.3, 0.4) is 0 Å². The molecule has 0 saturated carbocycles. The molecule has 9 heteroatoms. The third-order valence-electron chi connectivity index (χ3n) is 5.69. The zero-order valence-corrected chi connectivity index (χ0v) is 18.9. The van der Waals surface area contributed by atoms with E-state index in [2.05, 4.69) is 10.6 Å². The normalized spacial score (nSPS) is 18.1. The lowest BCUT2D eigenvalue weighted by atomic mass is 10.0. The van der Waals surface area contributed by atoms with E-state index in [0.717, 1.165) is 22.1 Å². The van der Waals surface area contributed by atoms with Gasteiger partial charge in [-0.25, -0.2) is 0 Å². The van der Waals surface area contributed by atoms with Crippen molar-refractivity contribution in [2.45, 2.75) is 38.1 Å². The molecule has 0 aromatic heterocycles. The smallest absolute Gasteiger partial charge is 0.278 e. The molecule has 1 unspecified atom stereocenters. The van der Waals surface area contributed by atoms with Crippen LogP contribution >= 0.6 is 11.6 Å². The van der Waals surface area contributed by atoms with Gasteiger partial charge in [0, 0.05) is 36.0 Å². The molecular weight excluding hydrogens is 458 g/mol. The molecular formula is C25H22ClN3O5. The van der Waals surface area contributed by atoms with E-state index in [4.69, 9.17) is 11.6 Å². The van der Waals surface area contributed by atoms with Crippen LogP contribution in [0, 0.1) is 0 Å². The lowest BCUT2D eigenvalue weighted by Gasteiger charge is -2.28. The number of ketones is 1. The van der Waals surface area contributed by atoms with Crippen molar-refractivity contribution in [2.24, 2.45) is 0 Å². The number of halogens is 1. The molecule has 8 nitrogen and oxygen atoms in total. The Labute approximate surface area is 201 Å². The third-order valence-corrected chi connectivity index (χ3v) is 5.94. The molecule has 2 aliphatic heterocycles. The minimum absolute atomic E-state index is 0.0469. The van der Waals surface area contributed by atoms with Crippen LogP contribution in [0.1, 0.15) is 30.4 Å². The van der Waals surface area contributed by atoms with Crippen LogP contribution in [-0.2, 0) is 36.8 Å². The van der Waals surface area contributed by atoms with Gasteiger partial charge in [0.1, 0.15) is 17.5 Å². The number of hydrogen-bond donors (Lipinski definition) is 2. The van der Waals surface area contributed by atoms with Gasteiger partial charge >= 0.3 is 0 Å². The molecule has 4 rings (SSSR count). The van der Waals surface area contributed by atoms with E-state index in [9.17, 15) is 24.0 Å². The second kappa shape index (κ2) is 10.0. The summed E-state index contributed by atoms with van der Waals surface area (Å²) >= 11 is 5.87. The minimum atomic E-state index is -1.01. The van der Waals surface area contributed by atoms with Crippen LogP contribution in [0.15, 0.2) is 60.3 Å². The summed E-state index contributed by atoms with van der Waals surface area (Å²) in [5.74, 6) is -2.21. The molecule has 1 atom stereocenters. The molecule has 0 bridgehead atoms. The maximum absolute atomic E-state index is 12.8. The lowest BCUT2D eigenvalue weighted by molar-refractivity contribution is -0.149. The topological polar surface area (TPSA) is 113 Å². The predicted octanol–water partition coefficient (Wildman–Crippen LogP) is 2.55. The molecule has 2 aromatic carbocycles. The Hall–Kier alpha value is -3.78. The van der Waals surface area contributed by atoms with Gasteiger partial charge in [0.25, 0.3) is 11.8 Å². The number of aryl methyl sites for hydroxylation is 1. The van der Waals surface area contributed by atoms with Gasteiger partial charge in [0.2, 0.25) is 11.8 Å². The second-order valence-electron chi connectivity index (χ2n) is 8.21. The molecule has 2 N–H and O–H groups in total. The van der Waals surface area contributed by atoms with Gasteiger partial charge in [-0.1, -0.05) is 35.9 Å². The van der Waals surface area contributed by atoms with Gasteiger partial charge in [-0.2, -0.15) is 0 Å². The monoisotopic (exact) mass is 479 g/mol. The predicted molar refractivity (Wildman–Crippen MR) is 125 cm³/mol. The van der Waals surface area contributed by atoms with Crippen molar-refractivity contribution in [3.63, 3.8) is 0 Å². The number of carbonyl (C=O) groups is 5. The van der Waals surface area contributed by atoms with Crippen molar-refractivity contribution in [2.75, 3.05) is 5.32 Å². The summed E-state index contributed by atoms with van der Waals surface area (Å²) in [4.78, 5) is 61.9. The van der Waals surface area contributed by atoms with Crippen LogP contribution in [0.25, 0.3) is 0 Å². The maximum atomic E-state index is 12.8. The highest BCUT2D eigenvalue weighted by atomic mass is 35.5. The van der Waals surface area contributed by atoms with E-state index in [0.29, 0.717) is 30.0 Å². The first-order valence-corrected chi connectivity index (χ1v) is 11.2. The second-order valence-corrected chi connectivity index (χ2v) is 8.64. The molecule has 0 aliphatic carbocycles. The largest absolute Gasteiger partial charge is 0.351 e. The average Bonchev–Trinajstić information content (AvgIpc) is 3.07. The summed E-state index contributed by atoms with van der Waals surface area (Å²) in [6, 6.07) is 13.4. The summed E-state index contributed by atoms with van der Waals surface area (Å²) in [5, 5.41) is 5.72. The van der Waals surface area contributed by atoms with E-state index in [1.54, 1.807) is 24.3 Å². The van der Waals surface area contributed by atoms with Crippen molar-refractivity contribution in [3.8, 4) is 0 Å². The van der Waals surface area contributed by atoms with Gasteiger partial charge in [0.05, 0.1) is 0 Å². The van der Waals surface area contributed by atoms with Gasteiger partial charge < -0.3 is 5.32 Å². The fourth-order valence-electron chi connectivity index (χ4n) is 3.96. The van der Waals surface area contributed by atoms with Crippen molar-refractivity contribution in [1.29, 1.82) is 0 Å². The molecule has 174 valence electrons. The summed E-state index contributed by atoms with van der Waals surface area (Å²) in [6.45, 7) is 0. The zero-order chi connectivity index (χ0) is 24.2. The molecule has 0 radical (unpaired) electrons. The number of piperidine rings is 1. The Balaban J connectivity index is 1.35. The van der Waals surface area contributed by atoms with Crippen LogP contribution in [-0.4, -0.2) is 40.4 Å². The van der Waals surface area contributed by atoms with E-state index in [1.807, 2.05) is 24.3 Å². The third kappa shape index (κ3) is 5.40. The van der Waals surface area contributed by atoms with Crippen LogP contribution < -0.4 is 10.6 Å². The van der Waals surface area contributed by atoms with E-state index < -0.39 is 29.7 Å². The van der Waals surface area contributed by atoms with Crippen LogP contribution in [0.4, 0.5) is 5.69 Å². The van der Waals surface area contributed by atoms with Crippen molar-refractivity contribution < 1.29 is 24.0 Å². The quantitative estimate of drug-likeness (QED) is 0.563. The van der Waals surface area contributed by atoms with Crippen molar-refractivity contribution >= 4 is 46.7 Å². The number of imide groups is 2. The summed E-state index contributed by atoms with van der Waals surface area (Å²) in [6.07, 6.45) is 2.52. The SMILES string of the molecule is O=C(CCc1cccc(NC2=CC(=O)N(C3CCC(=O)NC3=O)C2=O)c1)Cc1ccc(Cl)cc1. The first kappa shape index (κ1) is 23.4. The minimum Gasteiger partial charge on any atom is -0.351 e. The number of amides is 4. The molecule has 2 heterocycles. The van der Waals surface area contributed by atoms with Crippen LogP contribution in [0.5, 0.6) is 0 Å². The first-order chi connectivity index (χ1) is 16.3. The Morgan fingerprint density at radius 1 is 1.06 bits per heavy atom. The Morgan fingerprint density at radius 2 is 1.82 bits per heavy atom. The van der Waals surface area contributed by atoms with Gasteiger partial charge in [-0.05, 0) is 48.2 Å². The van der Waals surface area contributed by atoms with Gasteiger partial charge in [0.15, 0.2) is 0 Å². The van der Waals surface area contributed by atoms with Crippen LogP contribution in [0.2, 0.25) is 5.02 Å². The fraction of sp³-hybridized carbons (Fsp3) is 0.240. The molecule has 1 saturated heterocycles. The zero-order valence-electron chi connectivity index (χ0n) is 18.2. The van der Waals surface area contributed by atoms with Gasteiger partial charge in [-0.15, -0.1) is 0 Å². The number of hydrogen-bond acceptors (Lipinski definition) is 6. The highest BCUT2D eigenvalue weighted by molar-refractivity contribution is 6.30. The Bertz CT molecular complexity index is 1210. The number of carbonyl (C=O) groups excluding carboxylic acids is 5. The number of anilines is 1. The van der Waals surface area contributed by atoms with E-state index in [-0.39, 0.29) is 24.3 Å². The van der Waals surface area contributed by atoms with E-state index >= 15 is 0 Å². The highest BCUT2D eigenvalue weighted by Crippen LogP contribution is 2.23. The molecule has 4 amide bonds. The number of nitrogens with zero attached hydrogens (tertiary/aromatic N) is 1. The summed E-state index contributed by atoms with van der Waals surface area (Å²) in [5.41, 5.74) is 2.43. The highest BCUT2D eigenvalue weighted by Gasteiger charge is 2.42. The number of benzene rings is 2. The average molecular weight is 480 g/mol. The van der Waals surface area contributed by atoms with Crippen molar-refractivity contribution in [3.05, 3.63) is 76.5 Å². The van der Waals surface area contributed by atoms with E-state index in [1.165, 1.54) is 0 Å². The molecule has 34 heavy (non-hydrogen) atoms. The standard InChI is InChI=1S/C25H22ClN3O5/c26-17-7-4-16(5-8-17)13-19(30)9-6-15-2-1-3-18(12-15)27-20-14-23(32)29(25(20)34)21-10-11-22(31)28-24(21)33/h1-5,7-8,12,14,21,27H,6,9-11,13H2,(H,28,31,33). The van der Waals surface area contributed by atoms with Gasteiger partial charge in [-0.3, -0.25) is 34.2 Å². The maximum Gasteiger partial charge on any atom is 0.278 e. The Morgan fingerprint density at radius 3 is 2.56 bits per heavy atom. The molecule has 1 fully saturated rings. The number of Topliss-reactive ketones (excluding diaryl/α,β-unsaturated/α-hetero) is 1. The Kier molecular flexibility index (Phi) is 6.88. The molecule has 0 spiro atoms. The number of nitrogens with one attached hydrogen (secondary N) is 2. The molecule has 2 aliphatic rings. The summed E-state index contributed by atoms with van der Waals surface area (Å²) < 4.78 is 0. The summed E-state index contributed by atoms with van der Waals surface area (Å²) in [7, 11) is 0. The lowest BCUT2D eigenvalue weighted by Crippen LogP contribution is -2.54. The fourth-order valence-corrected chi connectivity index (χ4v) is 4.09. The van der Waals surface area contributed by atoms with Crippen molar-refractivity contribution in [1.82, 2.24) is 10.2 Å². The first-order valence-electron chi connectivity index (χ1n) is 10.8.